The third kappa shape index (κ3) is 2.85. The Bertz CT molecular complexity index is 521. The van der Waals surface area contributed by atoms with Gasteiger partial charge < -0.3 is 4.79 Å². The first kappa shape index (κ1) is 12.5. The molecule has 0 unspecified atom stereocenters. The molecule has 17 heavy (non-hydrogen) atoms. The Kier molecular flexibility index (Phi) is 3.79. The van der Waals surface area contributed by atoms with Crippen molar-refractivity contribution in [3.63, 3.8) is 0 Å². The molecule has 0 amide bonds. The zero-order valence-electron chi connectivity index (χ0n) is 8.94. The lowest BCUT2D eigenvalue weighted by Crippen LogP contribution is -2.09. The molecule has 2 aromatic carbocycles. The highest BCUT2D eigenvalue weighted by Crippen LogP contribution is 2.37. The van der Waals surface area contributed by atoms with Gasteiger partial charge in [0.1, 0.15) is 0 Å². The maximum absolute atomic E-state index is 11.0. The van der Waals surface area contributed by atoms with E-state index >= 15 is 0 Å². The SMILES string of the molecule is O=CC(Br)(Br)c1cccc(-c2ccccc2)c1. The smallest absolute Gasteiger partial charge is 0.160 e. The van der Waals surface area contributed by atoms with Crippen LogP contribution >= 0.6 is 31.9 Å². The number of hydrogen-bond acceptors (Lipinski definition) is 1. The molecule has 2 rings (SSSR count). The Balaban J connectivity index is 2.46. The largest absolute Gasteiger partial charge is 0.300 e. The highest BCUT2D eigenvalue weighted by molar-refractivity contribution is 9.25. The lowest BCUT2D eigenvalue weighted by molar-refractivity contribution is -0.107. The molecule has 0 spiro atoms. The fourth-order valence-corrected chi connectivity index (χ4v) is 2.10. The summed E-state index contributed by atoms with van der Waals surface area (Å²) in [6, 6.07) is 17.9. The van der Waals surface area contributed by atoms with E-state index in [0.29, 0.717) is 0 Å². The van der Waals surface area contributed by atoms with E-state index in [0.717, 1.165) is 23.0 Å². The molecule has 86 valence electrons. The molecule has 0 aliphatic carbocycles. The first-order valence-corrected chi connectivity index (χ1v) is 6.72. The topological polar surface area (TPSA) is 17.1 Å². The van der Waals surface area contributed by atoms with Crippen LogP contribution in [0.5, 0.6) is 0 Å². The molecule has 2 aromatic rings. The van der Waals surface area contributed by atoms with Crippen molar-refractivity contribution < 1.29 is 4.79 Å². The summed E-state index contributed by atoms with van der Waals surface area (Å²) in [7, 11) is 0. The third-order valence-corrected chi connectivity index (χ3v) is 3.79. The maximum atomic E-state index is 11.0. The minimum atomic E-state index is -0.801. The summed E-state index contributed by atoms with van der Waals surface area (Å²) in [6.45, 7) is 0. The molecule has 1 nitrogen and oxygen atoms in total. The molecule has 0 saturated heterocycles. The normalized spacial score (nSPS) is 11.2. The van der Waals surface area contributed by atoms with Crippen molar-refractivity contribution in [3.8, 4) is 11.1 Å². The van der Waals surface area contributed by atoms with Gasteiger partial charge in [-0.15, -0.1) is 0 Å². The first-order chi connectivity index (χ1) is 8.13. The van der Waals surface area contributed by atoms with Crippen molar-refractivity contribution in [2.45, 2.75) is 3.23 Å². The Morgan fingerprint density at radius 1 is 0.882 bits per heavy atom. The fraction of sp³-hybridized carbons (Fsp3) is 0.0714. The molecule has 0 aliphatic heterocycles. The average molecular weight is 354 g/mol. The minimum absolute atomic E-state index is 0.801. The predicted octanol–water partition coefficient (Wildman–Crippen LogP) is 4.50. The van der Waals surface area contributed by atoms with Crippen LogP contribution in [0.2, 0.25) is 0 Å². The number of rotatable bonds is 3. The van der Waals surface area contributed by atoms with Gasteiger partial charge in [0.25, 0.3) is 0 Å². The lowest BCUT2D eigenvalue weighted by Gasteiger charge is -2.14. The van der Waals surface area contributed by atoms with Crippen LogP contribution < -0.4 is 0 Å². The molecule has 0 aliphatic rings. The van der Waals surface area contributed by atoms with E-state index in [9.17, 15) is 4.79 Å². The number of hydrogen-bond donors (Lipinski definition) is 0. The monoisotopic (exact) mass is 352 g/mol. The van der Waals surface area contributed by atoms with Gasteiger partial charge in [-0.3, -0.25) is 0 Å². The van der Waals surface area contributed by atoms with Crippen LogP contribution in [0.1, 0.15) is 5.56 Å². The highest BCUT2D eigenvalue weighted by atomic mass is 79.9. The van der Waals surface area contributed by atoms with Gasteiger partial charge in [0.2, 0.25) is 0 Å². The summed E-state index contributed by atoms with van der Waals surface area (Å²) in [4.78, 5) is 11.0. The summed E-state index contributed by atoms with van der Waals surface area (Å²) in [5.74, 6) is 0. The van der Waals surface area contributed by atoms with Crippen molar-refractivity contribution in [2.75, 3.05) is 0 Å². The fourth-order valence-electron chi connectivity index (χ4n) is 1.60. The van der Waals surface area contributed by atoms with Gasteiger partial charge in [0, 0.05) is 0 Å². The van der Waals surface area contributed by atoms with Gasteiger partial charge in [0.15, 0.2) is 9.52 Å². The zero-order chi connectivity index (χ0) is 12.3. The quantitative estimate of drug-likeness (QED) is 0.586. The number of alkyl halides is 2. The molecule has 0 heterocycles. The number of benzene rings is 2. The summed E-state index contributed by atoms with van der Waals surface area (Å²) in [5, 5.41) is 0. The van der Waals surface area contributed by atoms with Gasteiger partial charge in [-0.1, -0.05) is 80.4 Å². The van der Waals surface area contributed by atoms with Crippen molar-refractivity contribution in [3.05, 3.63) is 60.2 Å². The van der Waals surface area contributed by atoms with Gasteiger partial charge in [-0.2, -0.15) is 0 Å². The molecular weight excluding hydrogens is 344 g/mol. The molecule has 0 aromatic heterocycles. The van der Waals surface area contributed by atoms with Crippen LogP contribution in [-0.4, -0.2) is 6.29 Å². The van der Waals surface area contributed by atoms with Gasteiger partial charge in [-0.25, -0.2) is 0 Å². The Morgan fingerprint density at radius 3 is 2.18 bits per heavy atom. The van der Waals surface area contributed by atoms with E-state index < -0.39 is 3.23 Å². The molecule has 0 fully saturated rings. The lowest BCUT2D eigenvalue weighted by atomic mass is 10.0. The van der Waals surface area contributed by atoms with E-state index in [1.165, 1.54) is 0 Å². The summed E-state index contributed by atoms with van der Waals surface area (Å²) in [5.41, 5.74) is 3.11. The molecule has 0 bridgehead atoms. The Morgan fingerprint density at radius 2 is 1.53 bits per heavy atom. The van der Waals surface area contributed by atoms with E-state index in [4.69, 9.17) is 0 Å². The number of carbonyl (C=O) groups is 1. The second-order valence-corrected chi connectivity index (χ2v) is 7.25. The van der Waals surface area contributed by atoms with E-state index in [-0.39, 0.29) is 0 Å². The summed E-state index contributed by atoms with van der Waals surface area (Å²) >= 11 is 6.69. The second-order valence-electron chi connectivity index (χ2n) is 3.69. The van der Waals surface area contributed by atoms with E-state index in [1.807, 2.05) is 54.6 Å². The number of halogens is 2. The molecular formula is C14H10Br2O. The predicted molar refractivity (Wildman–Crippen MR) is 77.5 cm³/mol. The van der Waals surface area contributed by atoms with Crippen LogP contribution in [0.4, 0.5) is 0 Å². The molecule has 0 N–H and O–H groups in total. The van der Waals surface area contributed by atoms with Gasteiger partial charge >= 0.3 is 0 Å². The first-order valence-electron chi connectivity index (χ1n) is 5.13. The molecule has 0 atom stereocenters. The highest BCUT2D eigenvalue weighted by Gasteiger charge is 2.24. The van der Waals surface area contributed by atoms with E-state index in [2.05, 4.69) is 31.9 Å². The zero-order valence-corrected chi connectivity index (χ0v) is 12.1. The van der Waals surface area contributed by atoms with Crippen LogP contribution in [0.25, 0.3) is 11.1 Å². The average Bonchev–Trinajstić information content (AvgIpc) is 2.40. The van der Waals surface area contributed by atoms with Gasteiger partial charge in [0.05, 0.1) is 0 Å². The van der Waals surface area contributed by atoms with Crippen LogP contribution in [0, 0.1) is 0 Å². The van der Waals surface area contributed by atoms with Crippen LogP contribution in [-0.2, 0) is 8.03 Å². The van der Waals surface area contributed by atoms with E-state index in [1.54, 1.807) is 0 Å². The number of aldehydes is 1. The minimum Gasteiger partial charge on any atom is -0.300 e. The van der Waals surface area contributed by atoms with Crippen molar-refractivity contribution in [2.24, 2.45) is 0 Å². The van der Waals surface area contributed by atoms with Crippen LogP contribution in [0.15, 0.2) is 54.6 Å². The third-order valence-electron chi connectivity index (χ3n) is 2.50. The summed E-state index contributed by atoms with van der Waals surface area (Å²) < 4.78 is -0.801. The molecule has 3 heteroatoms. The van der Waals surface area contributed by atoms with Crippen molar-refractivity contribution >= 4 is 38.1 Å². The van der Waals surface area contributed by atoms with Crippen molar-refractivity contribution in [1.82, 2.24) is 0 Å². The second kappa shape index (κ2) is 5.15. The van der Waals surface area contributed by atoms with Crippen LogP contribution in [0.3, 0.4) is 0 Å². The standard InChI is InChI=1S/C14H10Br2O/c15-14(16,10-17)13-8-4-7-12(9-13)11-5-2-1-3-6-11/h1-10H. The Labute approximate surface area is 117 Å². The molecule has 0 saturated carbocycles. The Hall–Kier alpha value is -0.930. The maximum Gasteiger partial charge on any atom is 0.160 e. The molecule has 0 radical (unpaired) electrons. The number of carbonyl (C=O) groups excluding carboxylic acids is 1. The van der Waals surface area contributed by atoms with Gasteiger partial charge in [-0.05, 0) is 22.8 Å². The summed E-state index contributed by atoms with van der Waals surface area (Å²) in [6.07, 6.45) is 0.830. The van der Waals surface area contributed by atoms with Crippen molar-refractivity contribution in [1.29, 1.82) is 0 Å².